The summed E-state index contributed by atoms with van der Waals surface area (Å²) in [7, 11) is -3.71. The van der Waals surface area contributed by atoms with Crippen LogP contribution in [0.3, 0.4) is 0 Å². The van der Waals surface area contributed by atoms with E-state index in [9.17, 15) is 18.0 Å². The minimum absolute atomic E-state index is 0.468. The summed E-state index contributed by atoms with van der Waals surface area (Å²) in [5.41, 5.74) is -0.741. The number of nitrogens with one attached hydrogen (secondary N) is 1. The summed E-state index contributed by atoms with van der Waals surface area (Å²) in [6.45, 7) is 4.47. The van der Waals surface area contributed by atoms with E-state index in [4.69, 9.17) is 9.84 Å². The number of carbonyl (C=O) groups excluding carboxylic acids is 1. The molecule has 0 radical (unpaired) electrons. The molecule has 1 atom stereocenters. The number of hydrogen-bond donors (Lipinski definition) is 2. The van der Waals surface area contributed by atoms with E-state index in [0.29, 0.717) is 0 Å². The third-order valence-electron chi connectivity index (χ3n) is 1.63. The molecule has 1 amide bonds. The zero-order valence-corrected chi connectivity index (χ0v) is 12.1. The van der Waals surface area contributed by atoms with E-state index in [2.05, 4.69) is 9.50 Å². The Morgan fingerprint density at radius 1 is 1.32 bits per heavy atom. The van der Waals surface area contributed by atoms with Crippen LogP contribution in [0.4, 0.5) is 4.79 Å². The van der Waals surface area contributed by atoms with Crippen LogP contribution in [-0.2, 0) is 23.8 Å². The van der Waals surface area contributed by atoms with E-state index in [0.717, 1.165) is 6.26 Å². The van der Waals surface area contributed by atoms with Crippen LogP contribution in [0.25, 0.3) is 0 Å². The van der Waals surface area contributed by atoms with E-state index in [-0.39, 0.29) is 0 Å². The Balaban J connectivity index is 4.51. The maximum Gasteiger partial charge on any atom is 0.407 e. The molecule has 9 heteroatoms. The average Bonchev–Trinajstić information content (AvgIpc) is 2.08. The fourth-order valence-corrected chi connectivity index (χ4v) is 1.45. The monoisotopic (exact) mass is 297 g/mol. The zero-order chi connectivity index (χ0) is 15.3. The van der Waals surface area contributed by atoms with Gasteiger partial charge in [0, 0.05) is 0 Å². The first-order valence-corrected chi connectivity index (χ1v) is 7.26. The highest BCUT2D eigenvalue weighted by molar-refractivity contribution is 7.85. The maximum absolute atomic E-state index is 11.4. The van der Waals surface area contributed by atoms with Crippen LogP contribution in [0.2, 0.25) is 0 Å². The predicted molar refractivity (Wildman–Crippen MR) is 66.2 cm³/mol. The van der Waals surface area contributed by atoms with Crippen molar-refractivity contribution in [1.29, 1.82) is 0 Å². The molecule has 0 saturated carbocycles. The molecule has 0 spiro atoms. The van der Waals surface area contributed by atoms with Gasteiger partial charge in [-0.25, -0.2) is 4.79 Å². The minimum Gasteiger partial charge on any atom is -0.481 e. The number of carbonyl (C=O) groups is 2. The molecule has 0 heterocycles. The van der Waals surface area contributed by atoms with Gasteiger partial charge in [-0.2, -0.15) is 8.42 Å². The Bertz CT molecular complexity index is 424. The molecule has 0 aromatic heterocycles. The molecule has 0 aliphatic rings. The number of carboxylic acid groups (broad SMARTS) is 1. The van der Waals surface area contributed by atoms with E-state index < -0.39 is 46.9 Å². The summed E-state index contributed by atoms with van der Waals surface area (Å²) in [4.78, 5) is 22.0. The first-order valence-electron chi connectivity index (χ1n) is 5.45. The van der Waals surface area contributed by atoms with E-state index in [1.54, 1.807) is 20.8 Å². The van der Waals surface area contributed by atoms with E-state index in [1.165, 1.54) is 0 Å². The molecule has 0 aliphatic heterocycles. The van der Waals surface area contributed by atoms with Crippen molar-refractivity contribution in [3.63, 3.8) is 0 Å². The lowest BCUT2D eigenvalue weighted by Gasteiger charge is -2.22. The molecule has 0 rings (SSSR count). The second-order valence-corrected chi connectivity index (χ2v) is 6.57. The predicted octanol–water partition coefficient (Wildman–Crippen LogP) is 0.331. The fourth-order valence-electron chi connectivity index (χ4n) is 1.04. The smallest absolute Gasteiger partial charge is 0.407 e. The molecule has 0 aromatic carbocycles. The number of ether oxygens (including phenoxy) is 1. The molecule has 19 heavy (non-hydrogen) atoms. The van der Waals surface area contributed by atoms with Gasteiger partial charge in [0.1, 0.15) is 5.60 Å². The van der Waals surface area contributed by atoms with Gasteiger partial charge in [0.15, 0.2) is 0 Å². The molecule has 0 unspecified atom stereocenters. The Hall–Kier alpha value is -1.35. The van der Waals surface area contributed by atoms with Gasteiger partial charge in [0.2, 0.25) is 0 Å². The van der Waals surface area contributed by atoms with Crippen LogP contribution < -0.4 is 5.32 Å². The van der Waals surface area contributed by atoms with Crippen LogP contribution in [0, 0.1) is 0 Å². The second-order valence-electron chi connectivity index (χ2n) is 4.93. The largest absolute Gasteiger partial charge is 0.481 e. The van der Waals surface area contributed by atoms with Crippen LogP contribution >= 0.6 is 0 Å². The zero-order valence-electron chi connectivity index (χ0n) is 11.3. The number of hydrogen-bond acceptors (Lipinski definition) is 6. The molecule has 0 bridgehead atoms. The standard InChI is InChI=1S/C10H19NO7S/c1-10(2,3)18-9(14)11-7(5-8(12)13)6-17-19(4,15)16/h7H,5-6H2,1-4H3,(H,11,14)(H,12,13)/t7-/m1/s1. The van der Waals surface area contributed by atoms with Crippen molar-refractivity contribution in [2.75, 3.05) is 12.9 Å². The van der Waals surface area contributed by atoms with Gasteiger partial charge in [-0.15, -0.1) is 0 Å². The molecule has 8 nitrogen and oxygen atoms in total. The highest BCUT2D eigenvalue weighted by atomic mass is 32.2. The summed E-state index contributed by atoms with van der Waals surface area (Å²) < 4.78 is 31.0. The highest BCUT2D eigenvalue weighted by Crippen LogP contribution is 2.07. The minimum atomic E-state index is -3.71. The van der Waals surface area contributed by atoms with Crippen molar-refractivity contribution in [3.8, 4) is 0 Å². The Morgan fingerprint density at radius 3 is 2.21 bits per heavy atom. The second kappa shape index (κ2) is 6.71. The SMILES string of the molecule is CC(C)(C)OC(=O)N[C@@H](COS(C)(=O)=O)CC(=O)O. The molecule has 112 valence electrons. The molecule has 0 aliphatic carbocycles. The molecular formula is C10H19NO7S. The van der Waals surface area contributed by atoms with Crippen LogP contribution in [0.15, 0.2) is 0 Å². The topological polar surface area (TPSA) is 119 Å². The number of carboxylic acids is 1. The normalized spacial score (nSPS) is 13.7. The number of amides is 1. The molecule has 0 saturated heterocycles. The molecule has 2 N–H and O–H groups in total. The van der Waals surface area contributed by atoms with Crippen molar-refractivity contribution in [3.05, 3.63) is 0 Å². The Labute approximate surface area is 112 Å². The van der Waals surface area contributed by atoms with Gasteiger partial charge in [0.05, 0.1) is 25.3 Å². The Morgan fingerprint density at radius 2 is 1.84 bits per heavy atom. The first-order chi connectivity index (χ1) is 8.39. The van der Waals surface area contributed by atoms with Crippen molar-refractivity contribution in [1.82, 2.24) is 5.32 Å². The van der Waals surface area contributed by atoms with Crippen molar-refractivity contribution < 1.29 is 32.0 Å². The summed E-state index contributed by atoms with van der Waals surface area (Å²) in [5.74, 6) is -1.20. The van der Waals surface area contributed by atoms with Crippen LogP contribution in [0.1, 0.15) is 27.2 Å². The third kappa shape index (κ3) is 11.5. The summed E-state index contributed by atoms with van der Waals surface area (Å²) in [6.07, 6.45) is -0.483. The lowest BCUT2D eigenvalue weighted by atomic mass is 10.2. The quantitative estimate of drug-likeness (QED) is 0.678. The van der Waals surface area contributed by atoms with Crippen LogP contribution in [-0.4, -0.2) is 50.1 Å². The summed E-state index contributed by atoms with van der Waals surface area (Å²) in [5, 5.41) is 10.9. The highest BCUT2D eigenvalue weighted by Gasteiger charge is 2.22. The average molecular weight is 297 g/mol. The van der Waals surface area contributed by atoms with Gasteiger partial charge < -0.3 is 15.2 Å². The first kappa shape index (κ1) is 17.6. The maximum atomic E-state index is 11.4. The molecule has 0 fully saturated rings. The number of alkyl carbamates (subject to hydrolysis) is 1. The van der Waals surface area contributed by atoms with Crippen molar-refractivity contribution in [2.45, 2.75) is 38.8 Å². The Kier molecular flexibility index (Phi) is 6.23. The van der Waals surface area contributed by atoms with Crippen LogP contribution in [0.5, 0.6) is 0 Å². The summed E-state index contributed by atoms with van der Waals surface area (Å²) in [6, 6.07) is -0.998. The van der Waals surface area contributed by atoms with Gasteiger partial charge in [-0.1, -0.05) is 0 Å². The fraction of sp³-hybridized carbons (Fsp3) is 0.800. The third-order valence-corrected chi connectivity index (χ3v) is 2.19. The molecule has 0 aromatic rings. The lowest BCUT2D eigenvalue weighted by molar-refractivity contribution is -0.137. The van der Waals surface area contributed by atoms with Gasteiger partial charge >= 0.3 is 12.1 Å². The van der Waals surface area contributed by atoms with Gasteiger partial charge in [-0.05, 0) is 20.8 Å². The van der Waals surface area contributed by atoms with E-state index >= 15 is 0 Å². The van der Waals surface area contributed by atoms with Gasteiger partial charge in [-0.3, -0.25) is 8.98 Å². The van der Waals surface area contributed by atoms with E-state index in [1.807, 2.05) is 0 Å². The number of rotatable bonds is 6. The number of aliphatic carboxylic acids is 1. The van der Waals surface area contributed by atoms with Crippen molar-refractivity contribution >= 4 is 22.2 Å². The van der Waals surface area contributed by atoms with Gasteiger partial charge in [0.25, 0.3) is 10.1 Å². The molecular weight excluding hydrogens is 278 g/mol. The lowest BCUT2D eigenvalue weighted by Crippen LogP contribution is -2.43. The summed E-state index contributed by atoms with van der Waals surface area (Å²) >= 11 is 0. The van der Waals surface area contributed by atoms with Crippen molar-refractivity contribution in [2.24, 2.45) is 0 Å².